The Balaban J connectivity index is 0.840. The second kappa shape index (κ2) is 16.5. The van der Waals surface area contributed by atoms with Gasteiger partial charge in [-0.3, -0.25) is 19.2 Å². The lowest BCUT2D eigenvalue weighted by molar-refractivity contribution is -0.153. The molecule has 8 aliphatic rings. The van der Waals surface area contributed by atoms with Gasteiger partial charge in [0, 0.05) is 13.1 Å². The van der Waals surface area contributed by atoms with Gasteiger partial charge in [-0.2, -0.15) is 16.8 Å². The number of aryl methyl sites for hydroxylation is 2. The zero-order valence-corrected chi connectivity index (χ0v) is 41.5. The topological polar surface area (TPSA) is 248 Å². The third-order valence-corrected chi connectivity index (χ3v) is 19.2. The fourth-order valence-electron chi connectivity index (χ4n) is 12.3. The highest BCUT2D eigenvalue weighted by Gasteiger charge is 2.63. The molecule has 0 spiro atoms. The number of Topliss-reactive ketones (excluding diaryl/α,β-unsaturated/α-hetero) is 2. The van der Waals surface area contributed by atoms with Crippen molar-refractivity contribution in [2.45, 2.75) is 98.9 Å². The molecule has 0 saturated carbocycles. The van der Waals surface area contributed by atoms with Gasteiger partial charge in [0.25, 0.3) is 20.0 Å². The molecule has 4 aromatic rings. The number of nitrogens with zero attached hydrogens (tertiary/aromatic N) is 5. The van der Waals surface area contributed by atoms with Crippen molar-refractivity contribution in [2.75, 3.05) is 21.2 Å². The first-order valence-corrected chi connectivity index (χ1v) is 28.3. The Labute approximate surface area is 417 Å². The summed E-state index contributed by atoms with van der Waals surface area (Å²) in [5, 5.41) is 5.70. The zero-order valence-electron chi connectivity index (χ0n) is 39.1. The molecule has 380 valence electrons. The standard InChI is InChI=1S/C49H45F2N7O12S3/c1-22-16-24(4-8-28(22)50)20-56-42-34-14-12-32(69-34)38(42)44(59)40(48(56)61)46-52-30-10-6-26(18-36(30)72(65,66)54-46)58(71(3,63)64)27-7-11-31-37(19-27)73(67,68)55-47(53-31)41-45(60)39-33-13-15-35(70-33)43(39)57(49(41)62)21-25-5-9-29(51)23(2)17-25/h4-11,16-19,32-35,38-43H,12-15,20-21H2,1-3H3,(H,52,54)(H,53,55). The number of carbonyl (C=O) groups is 4. The van der Waals surface area contributed by atoms with Crippen LogP contribution >= 0.6 is 0 Å². The van der Waals surface area contributed by atoms with Gasteiger partial charge in [-0.15, -0.1) is 8.80 Å². The lowest BCUT2D eigenvalue weighted by Crippen LogP contribution is -2.62. The van der Waals surface area contributed by atoms with Crippen molar-refractivity contribution in [2.24, 2.45) is 32.5 Å². The maximum absolute atomic E-state index is 14.5. The van der Waals surface area contributed by atoms with E-state index >= 15 is 0 Å². The molecule has 12 rings (SSSR count). The first-order valence-electron chi connectivity index (χ1n) is 23.6. The van der Waals surface area contributed by atoms with Crippen LogP contribution < -0.4 is 14.9 Å². The van der Waals surface area contributed by atoms with E-state index in [-0.39, 0.29) is 35.8 Å². The van der Waals surface area contributed by atoms with Crippen LogP contribution in [0.4, 0.5) is 31.5 Å². The molecule has 19 nitrogen and oxygen atoms in total. The summed E-state index contributed by atoms with van der Waals surface area (Å²) in [6.45, 7) is 3.14. The van der Waals surface area contributed by atoms with Crippen LogP contribution in [0.5, 0.6) is 0 Å². The van der Waals surface area contributed by atoms with Crippen LogP contribution in [-0.2, 0) is 71.8 Å². The smallest absolute Gasteiger partial charge is 0.286 e. The number of anilines is 4. The minimum atomic E-state index is -4.78. The van der Waals surface area contributed by atoms with Crippen LogP contribution in [0.2, 0.25) is 0 Å². The number of rotatable bonds is 9. The van der Waals surface area contributed by atoms with E-state index in [9.17, 15) is 53.2 Å². The fraction of sp³-hybridized carbons (Fsp3) is 0.388. The minimum absolute atomic E-state index is 0.0118. The third kappa shape index (κ3) is 7.52. The number of sulfonamides is 3. The highest BCUT2D eigenvalue weighted by Crippen LogP contribution is 2.50. The van der Waals surface area contributed by atoms with Crippen molar-refractivity contribution < 1.29 is 62.7 Å². The summed E-state index contributed by atoms with van der Waals surface area (Å²) in [6, 6.07) is 14.5. The molecule has 10 unspecified atom stereocenters. The minimum Gasteiger partial charge on any atom is -0.372 e. The van der Waals surface area contributed by atoms with Crippen LogP contribution in [0.1, 0.15) is 47.9 Å². The third-order valence-electron chi connectivity index (χ3n) is 15.4. The van der Waals surface area contributed by atoms with Crippen molar-refractivity contribution in [1.82, 2.24) is 9.80 Å². The molecule has 0 aliphatic carbocycles. The Morgan fingerprint density at radius 1 is 0.616 bits per heavy atom. The number of halogens is 2. The summed E-state index contributed by atoms with van der Waals surface area (Å²) in [5.41, 5.74) is 1.09. The molecule has 24 heteroatoms. The molecule has 4 aromatic carbocycles. The fourth-order valence-corrected chi connectivity index (χ4v) is 15.6. The van der Waals surface area contributed by atoms with Crippen molar-refractivity contribution in [3.8, 4) is 0 Å². The summed E-state index contributed by atoms with van der Waals surface area (Å²) in [6.07, 6.45) is 1.28. The van der Waals surface area contributed by atoms with Gasteiger partial charge >= 0.3 is 0 Å². The van der Waals surface area contributed by atoms with Crippen LogP contribution in [-0.4, -0.2) is 113 Å². The number of benzene rings is 4. The highest BCUT2D eigenvalue weighted by molar-refractivity contribution is 7.92. The molecule has 10 atom stereocenters. The van der Waals surface area contributed by atoms with Gasteiger partial charge in [0.05, 0.1) is 77.3 Å². The predicted molar refractivity (Wildman–Crippen MR) is 257 cm³/mol. The van der Waals surface area contributed by atoms with E-state index in [1.54, 1.807) is 26.0 Å². The monoisotopic (exact) mass is 1060 g/mol. The average Bonchev–Trinajstić information content (AvgIpc) is 4.15. The number of hydrogen-bond donors (Lipinski definition) is 2. The number of fused-ring (bicyclic) bond motifs is 12. The Morgan fingerprint density at radius 3 is 1.40 bits per heavy atom. The van der Waals surface area contributed by atoms with Crippen molar-refractivity contribution in [3.05, 3.63) is 107 Å². The van der Waals surface area contributed by atoms with Gasteiger partial charge < -0.3 is 29.9 Å². The molecule has 0 radical (unpaired) electrons. The van der Waals surface area contributed by atoms with Gasteiger partial charge in [0.1, 0.15) is 33.1 Å². The molecule has 4 bridgehead atoms. The predicted octanol–water partition coefficient (Wildman–Crippen LogP) is 4.25. The summed E-state index contributed by atoms with van der Waals surface area (Å²) < 4.78 is 133. The number of ether oxygens (including phenoxy) is 2. The van der Waals surface area contributed by atoms with Gasteiger partial charge in [-0.05, 0) is 110 Å². The number of nitrogens with one attached hydrogen (secondary N) is 2. The number of piperidine rings is 2. The Bertz CT molecular complexity index is 3380. The molecule has 8 aliphatic heterocycles. The van der Waals surface area contributed by atoms with E-state index in [1.165, 1.54) is 58.3 Å². The average molecular weight is 1060 g/mol. The van der Waals surface area contributed by atoms with Gasteiger partial charge in [-0.25, -0.2) is 21.5 Å². The summed E-state index contributed by atoms with van der Waals surface area (Å²) in [4.78, 5) is 59.5. The van der Waals surface area contributed by atoms with Crippen molar-refractivity contribution in [1.29, 1.82) is 0 Å². The van der Waals surface area contributed by atoms with Gasteiger partial charge in [0.2, 0.25) is 21.8 Å². The largest absolute Gasteiger partial charge is 0.372 e. The molecule has 2 amide bonds. The second-order valence-corrected chi connectivity index (χ2v) is 24.9. The molecular weight excluding hydrogens is 1010 g/mol. The number of hydrogen-bond acceptors (Lipinski definition) is 14. The quantitative estimate of drug-likeness (QED) is 0.223. The normalized spacial score (nSPS) is 30.2. The zero-order chi connectivity index (χ0) is 51.4. The molecular formula is C49H45F2N7O12S3. The van der Waals surface area contributed by atoms with Crippen LogP contribution in [0.15, 0.2) is 91.4 Å². The molecule has 73 heavy (non-hydrogen) atoms. The Morgan fingerprint density at radius 2 is 1.01 bits per heavy atom. The summed E-state index contributed by atoms with van der Waals surface area (Å²) in [5.74, 6) is -9.29. The first-order chi connectivity index (χ1) is 34.6. The first kappa shape index (κ1) is 47.5. The Hall–Kier alpha value is -6.47. The molecule has 6 fully saturated rings. The molecule has 6 saturated heterocycles. The second-order valence-electron chi connectivity index (χ2n) is 19.9. The van der Waals surface area contributed by atoms with E-state index < -0.39 is 147 Å². The number of amidine groups is 2. The number of ketones is 2. The summed E-state index contributed by atoms with van der Waals surface area (Å²) >= 11 is 0. The van der Waals surface area contributed by atoms with E-state index in [0.717, 1.165) is 18.4 Å². The number of likely N-dealkylation sites (tertiary alicyclic amines) is 2. The molecule has 0 aromatic heterocycles. The van der Waals surface area contributed by atoms with E-state index in [1.807, 2.05) is 0 Å². The number of carbonyl (C=O) groups excluding carboxylic acids is 4. The van der Waals surface area contributed by atoms with E-state index in [2.05, 4.69) is 19.4 Å². The SMILES string of the molecule is Cc1cc(CN2C(=O)C(C3=NS(=O)(=O)c4cc(N(c5ccc6c(c5)S(=O)(=O)N=C(C5C(=O)C7C8CCC(O8)C7N(Cc7ccc(F)c(C)c7)C5=O)N6)S(C)(=O)=O)ccc4N3)C(=O)C3C4CCC(O4)C32)ccc1F. The molecule has 8 heterocycles. The molecule has 2 N–H and O–H groups in total. The maximum Gasteiger partial charge on any atom is 0.286 e. The highest BCUT2D eigenvalue weighted by atomic mass is 32.2. The lowest BCUT2D eigenvalue weighted by atomic mass is 9.73. The Kier molecular flexibility index (Phi) is 10.8. The van der Waals surface area contributed by atoms with Gasteiger partial charge in [-0.1, -0.05) is 24.3 Å². The van der Waals surface area contributed by atoms with Crippen LogP contribution in [0.25, 0.3) is 0 Å². The van der Waals surface area contributed by atoms with Crippen molar-refractivity contribution in [3.63, 3.8) is 0 Å². The van der Waals surface area contributed by atoms with E-state index in [4.69, 9.17) is 9.47 Å². The maximum atomic E-state index is 14.5. The summed E-state index contributed by atoms with van der Waals surface area (Å²) in [7, 11) is -14.0. The lowest BCUT2D eigenvalue weighted by Gasteiger charge is -2.44. The van der Waals surface area contributed by atoms with Crippen LogP contribution in [0.3, 0.4) is 0 Å². The van der Waals surface area contributed by atoms with E-state index in [0.29, 0.717) is 52.2 Å². The number of amides is 2. The van der Waals surface area contributed by atoms with Crippen molar-refractivity contribution >= 4 is 87.9 Å². The van der Waals surface area contributed by atoms with Gasteiger partial charge in [0.15, 0.2) is 23.4 Å². The van der Waals surface area contributed by atoms with Crippen LogP contribution in [0, 0.1) is 49.2 Å².